The normalized spacial score (nSPS) is 11.2. The molecule has 136 valence electrons. The third-order valence-corrected chi connectivity index (χ3v) is 4.44. The minimum atomic E-state index is -1.15. The van der Waals surface area contributed by atoms with Gasteiger partial charge in [0.15, 0.2) is 0 Å². The molecule has 0 radical (unpaired) electrons. The van der Waals surface area contributed by atoms with Crippen molar-refractivity contribution in [3.63, 3.8) is 0 Å². The lowest BCUT2D eigenvalue weighted by atomic mass is 10.1. The number of aromatic nitrogens is 1. The van der Waals surface area contributed by atoms with Crippen LogP contribution in [0.15, 0.2) is 24.4 Å². The number of aromatic hydroxyl groups is 1. The molecular formula is C19H27N3O3. The number of fused-ring (bicyclic) bond motifs is 1. The van der Waals surface area contributed by atoms with Crippen LogP contribution in [0.1, 0.15) is 43.5 Å². The number of pyridine rings is 1. The predicted molar refractivity (Wildman–Crippen MR) is 100 cm³/mol. The van der Waals surface area contributed by atoms with Crippen molar-refractivity contribution in [3.8, 4) is 5.75 Å². The van der Waals surface area contributed by atoms with Gasteiger partial charge < -0.3 is 20.4 Å². The zero-order valence-corrected chi connectivity index (χ0v) is 15.0. The van der Waals surface area contributed by atoms with Gasteiger partial charge >= 0.3 is 5.97 Å². The van der Waals surface area contributed by atoms with Crippen molar-refractivity contribution in [1.82, 2.24) is 9.88 Å². The van der Waals surface area contributed by atoms with Crippen LogP contribution in [-0.2, 0) is 0 Å². The molecule has 6 heteroatoms. The van der Waals surface area contributed by atoms with E-state index in [9.17, 15) is 15.0 Å². The molecule has 0 saturated heterocycles. The molecule has 0 aliphatic carbocycles. The Morgan fingerprint density at radius 3 is 2.68 bits per heavy atom. The summed E-state index contributed by atoms with van der Waals surface area (Å²) in [6.07, 6.45) is 4.91. The van der Waals surface area contributed by atoms with Gasteiger partial charge in [-0.3, -0.25) is 4.98 Å². The Balaban J connectivity index is 1.98. The summed E-state index contributed by atoms with van der Waals surface area (Å²) in [5.41, 5.74) is 1.13. The molecule has 0 amide bonds. The summed E-state index contributed by atoms with van der Waals surface area (Å²) in [6, 6.07) is 4.79. The van der Waals surface area contributed by atoms with Crippen molar-refractivity contribution in [2.45, 2.75) is 33.1 Å². The van der Waals surface area contributed by atoms with Gasteiger partial charge in [-0.25, -0.2) is 4.79 Å². The number of phenols is 1. The van der Waals surface area contributed by atoms with E-state index in [1.807, 2.05) is 0 Å². The summed E-state index contributed by atoms with van der Waals surface area (Å²) >= 11 is 0. The first-order valence-corrected chi connectivity index (χ1v) is 8.88. The van der Waals surface area contributed by atoms with Gasteiger partial charge in [-0.05, 0) is 38.5 Å². The largest absolute Gasteiger partial charge is 0.507 e. The number of carboxylic acids is 1. The smallest absolute Gasteiger partial charge is 0.340 e. The number of unbranched alkanes of at least 4 members (excludes halogenated alkanes) is 2. The fraction of sp³-hybridized carbons (Fsp3) is 0.474. The Bertz CT molecular complexity index is 714. The molecule has 0 unspecified atom stereocenters. The molecule has 1 aromatic heterocycles. The van der Waals surface area contributed by atoms with E-state index >= 15 is 0 Å². The molecule has 0 saturated carbocycles. The quantitative estimate of drug-likeness (QED) is 0.571. The molecule has 1 aromatic carbocycles. The molecule has 3 N–H and O–H groups in total. The number of nitrogens with one attached hydrogen (secondary N) is 1. The van der Waals surface area contributed by atoms with E-state index in [1.54, 1.807) is 18.3 Å². The first kappa shape index (κ1) is 19.0. The topological polar surface area (TPSA) is 85.7 Å². The third-order valence-electron chi connectivity index (χ3n) is 4.44. The lowest BCUT2D eigenvalue weighted by Gasteiger charge is -2.17. The highest BCUT2D eigenvalue weighted by Crippen LogP contribution is 2.32. The van der Waals surface area contributed by atoms with E-state index in [1.165, 1.54) is 6.07 Å². The number of nitrogens with zero attached hydrogens (tertiary/aromatic N) is 2. The second-order valence-electron chi connectivity index (χ2n) is 6.04. The number of hydrogen-bond acceptors (Lipinski definition) is 5. The maximum Gasteiger partial charge on any atom is 0.340 e. The van der Waals surface area contributed by atoms with E-state index < -0.39 is 5.97 Å². The minimum Gasteiger partial charge on any atom is -0.507 e. The Morgan fingerprint density at radius 2 is 2.00 bits per heavy atom. The summed E-state index contributed by atoms with van der Waals surface area (Å²) < 4.78 is 0. The lowest BCUT2D eigenvalue weighted by Crippen LogP contribution is -2.23. The van der Waals surface area contributed by atoms with Crippen LogP contribution in [0.2, 0.25) is 0 Å². The molecular weight excluding hydrogens is 318 g/mol. The fourth-order valence-corrected chi connectivity index (χ4v) is 3.00. The van der Waals surface area contributed by atoms with Crippen molar-refractivity contribution in [1.29, 1.82) is 0 Å². The average Bonchev–Trinajstić information content (AvgIpc) is 2.60. The van der Waals surface area contributed by atoms with Crippen LogP contribution in [-0.4, -0.2) is 52.2 Å². The second-order valence-corrected chi connectivity index (χ2v) is 6.04. The minimum absolute atomic E-state index is 0.104. The number of carbonyl (C=O) groups is 1. The number of benzene rings is 1. The number of aromatic carboxylic acids is 1. The predicted octanol–water partition coefficient (Wildman–Crippen LogP) is 3.56. The van der Waals surface area contributed by atoms with Crippen LogP contribution >= 0.6 is 0 Å². The van der Waals surface area contributed by atoms with Gasteiger partial charge in [-0.15, -0.1) is 0 Å². The van der Waals surface area contributed by atoms with Gasteiger partial charge in [0, 0.05) is 24.2 Å². The molecule has 0 aliphatic heterocycles. The molecule has 0 spiro atoms. The molecule has 6 nitrogen and oxygen atoms in total. The SMILES string of the molecule is CCN(CC)CCCCCNc1cc(O)c(C(=O)O)c2cccnc12. The van der Waals surface area contributed by atoms with Crippen LogP contribution in [0.3, 0.4) is 0 Å². The Kier molecular flexibility index (Phi) is 7.01. The lowest BCUT2D eigenvalue weighted by molar-refractivity contribution is 0.0696. The van der Waals surface area contributed by atoms with Gasteiger partial charge in [0.25, 0.3) is 0 Å². The molecule has 0 bridgehead atoms. The maximum absolute atomic E-state index is 11.4. The molecule has 0 aliphatic rings. The summed E-state index contributed by atoms with van der Waals surface area (Å²) in [6.45, 7) is 8.40. The van der Waals surface area contributed by atoms with Crippen molar-refractivity contribution < 1.29 is 15.0 Å². The molecule has 25 heavy (non-hydrogen) atoms. The highest BCUT2D eigenvalue weighted by atomic mass is 16.4. The first-order valence-electron chi connectivity index (χ1n) is 8.88. The van der Waals surface area contributed by atoms with Gasteiger partial charge in [-0.2, -0.15) is 0 Å². The Hall–Kier alpha value is -2.34. The molecule has 2 rings (SSSR count). The monoisotopic (exact) mass is 345 g/mol. The van der Waals surface area contributed by atoms with Crippen LogP contribution in [0, 0.1) is 0 Å². The van der Waals surface area contributed by atoms with Crippen LogP contribution in [0.25, 0.3) is 10.9 Å². The molecule has 0 fully saturated rings. The zero-order chi connectivity index (χ0) is 18.2. The molecule has 2 aromatic rings. The van der Waals surface area contributed by atoms with Gasteiger partial charge in [-0.1, -0.05) is 26.3 Å². The maximum atomic E-state index is 11.4. The standard InChI is InChI=1S/C19H27N3O3/c1-3-22(4-2)12-7-5-6-10-20-15-13-16(23)17(19(24)25)14-9-8-11-21-18(14)15/h8-9,11,13,20,23H,3-7,10,12H2,1-2H3,(H,24,25). The van der Waals surface area contributed by atoms with E-state index in [2.05, 4.69) is 29.0 Å². The number of anilines is 1. The van der Waals surface area contributed by atoms with Crippen LogP contribution < -0.4 is 5.32 Å². The van der Waals surface area contributed by atoms with Crippen molar-refractivity contribution in [3.05, 3.63) is 30.0 Å². The van der Waals surface area contributed by atoms with E-state index in [0.29, 0.717) is 16.6 Å². The van der Waals surface area contributed by atoms with Crippen molar-refractivity contribution in [2.75, 3.05) is 31.5 Å². The van der Waals surface area contributed by atoms with Crippen LogP contribution in [0.5, 0.6) is 5.75 Å². The number of rotatable bonds is 10. The zero-order valence-electron chi connectivity index (χ0n) is 15.0. The van der Waals surface area contributed by atoms with Crippen LogP contribution in [0.4, 0.5) is 5.69 Å². The summed E-state index contributed by atoms with van der Waals surface area (Å²) in [5.74, 6) is -1.39. The highest BCUT2D eigenvalue weighted by molar-refractivity contribution is 6.08. The van der Waals surface area contributed by atoms with Gasteiger partial charge in [0.2, 0.25) is 0 Å². The van der Waals surface area contributed by atoms with Crippen molar-refractivity contribution in [2.24, 2.45) is 0 Å². The average molecular weight is 345 g/mol. The van der Waals surface area contributed by atoms with E-state index in [-0.39, 0.29) is 11.3 Å². The second kappa shape index (κ2) is 9.22. The van der Waals surface area contributed by atoms with E-state index in [4.69, 9.17) is 0 Å². The molecule has 1 heterocycles. The van der Waals surface area contributed by atoms with Gasteiger partial charge in [0.1, 0.15) is 11.3 Å². The summed E-state index contributed by atoms with van der Waals surface area (Å²) in [4.78, 5) is 18.1. The highest BCUT2D eigenvalue weighted by Gasteiger charge is 2.17. The summed E-state index contributed by atoms with van der Waals surface area (Å²) in [5, 5.41) is 23.1. The molecule has 0 atom stereocenters. The first-order chi connectivity index (χ1) is 12.1. The Labute approximate surface area is 148 Å². The number of carboxylic acid groups (broad SMARTS) is 1. The third kappa shape index (κ3) is 4.82. The summed E-state index contributed by atoms with van der Waals surface area (Å²) in [7, 11) is 0. The van der Waals surface area contributed by atoms with Gasteiger partial charge in [0.05, 0.1) is 11.2 Å². The Morgan fingerprint density at radius 1 is 1.24 bits per heavy atom. The number of hydrogen-bond donors (Lipinski definition) is 3. The fourth-order valence-electron chi connectivity index (χ4n) is 3.00. The van der Waals surface area contributed by atoms with E-state index in [0.717, 1.165) is 45.4 Å². The van der Waals surface area contributed by atoms with Crippen molar-refractivity contribution >= 4 is 22.6 Å².